The molecule has 2 aromatic heterocycles. The molecule has 1 N–H and O–H groups in total. The fraction of sp³-hybridized carbons (Fsp3) is 0.320. The van der Waals surface area contributed by atoms with Crippen molar-refractivity contribution >= 4 is 17.0 Å². The molecule has 1 saturated heterocycles. The standard InChI is InChI=1S/C25H26N6O/c1-15-5-6-18(14-26)11-20(15)21-12-19(23-16(2)29-32-17(23)3)13-22-24(21)28-25(27-22)31-9-7-30(4)8-10-31/h5-6,11-13H,7-10H2,1-4H3,(H,27,28). The summed E-state index contributed by atoms with van der Waals surface area (Å²) in [6.45, 7) is 9.86. The van der Waals surface area contributed by atoms with Crippen LogP contribution in [0.1, 0.15) is 22.6 Å². The van der Waals surface area contributed by atoms with E-state index in [4.69, 9.17) is 9.51 Å². The number of aromatic nitrogens is 3. The van der Waals surface area contributed by atoms with Crippen LogP contribution < -0.4 is 4.90 Å². The third-order valence-corrected chi connectivity index (χ3v) is 6.36. The van der Waals surface area contributed by atoms with Crippen LogP contribution in [0.25, 0.3) is 33.3 Å². The van der Waals surface area contributed by atoms with Gasteiger partial charge in [0.05, 0.1) is 28.4 Å². The van der Waals surface area contributed by atoms with E-state index in [1.807, 2.05) is 32.0 Å². The Kier molecular flexibility index (Phi) is 4.95. The van der Waals surface area contributed by atoms with Gasteiger partial charge in [0, 0.05) is 37.3 Å². The zero-order valence-electron chi connectivity index (χ0n) is 18.9. The molecular weight excluding hydrogens is 400 g/mol. The number of anilines is 1. The summed E-state index contributed by atoms with van der Waals surface area (Å²) < 4.78 is 5.45. The summed E-state index contributed by atoms with van der Waals surface area (Å²) in [4.78, 5) is 13.2. The lowest BCUT2D eigenvalue weighted by atomic mass is 9.93. The third-order valence-electron chi connectivity index (χ3n) is 6.36. The van der Waals surface area contributed by atoms with E-state index >= 15 is 0 Å². The summed E-state index contributed by atoms with van der Waals surface area (Å²) in [7, 11) is 2.15. The molecule has 0 spiro atoms. The molecule has 3 heterocycles. The van der Waals surface area contributed by atoms with Gasteiger partial charge < -0.3 is 19.3 Å². The van der Waals surface area contributed by atoms with Crippen LogP contribution in [0.4, 0.5) is 5.95 Å². The van der Waals surface area contributed by atoms with Gasteiger partial charge in [-0.05, 0) is 68.8 Å². The van der Waals surface area contributed by atoms with Crippen LogP contribution in [0.15, 0.2) is 34.9 Å². The van der Waals surface area contributed by atoms with Crippen LogP contribution in [0.2, 0.25) is 0 Å². The number of H-pyrrole nitrogens is 1. The van der Waals surface area contributed by atoms with Crippen molar-refractivity contribution in [3.05, 3.63) is 52.9 Å². The van der Waals surface area contributed by atoms with Crippen molar-refractivity contribution in [1.29, 1.82) is 5.26 Å². The van der Waals surface area contributed by atoms with Crippen LogP contribution in [-0.4, -0.2) is 53.3 Å². The highest BCUT2D eigenvalue weighted by molar-refractivity contribution is 5.98. The fourth-order valence-corrected chi connectivity index (χ4v) is 4.50. The molecule has 4 aromatic rings. The molecule has 1 aliphatic rings. The van der Waals surface area contributed by atoms with Gasteiger partial charge in [0.15, 0.2) is 0 Å². The first kappa shape index (κ1) is 20.3. The lowest BCUT2D eigenvalue weighted by Crippen LogP contribution is -2.44. The Labute approximate surface area is 187 Å². The summed E-state index contributed by atoms with van der Waals surface area (Å²) in [6.07, 6.45) is 0. The molecule has 1 aliphatic heterocycles. The van der Waals surface area contributed by atoms with E-state index in [2.05, 4.69) is 52.1 Å². The molecule has 0 atom stereocenters. The van der Waals surface area contributed by atoms with Crippen molar-refractivity contribution in [2.75, 3.05) is 38.1 Å². The first-order valence-corrected chi connectivity index (χ1v) is 10.9. The molecule has 7 heteroatoms. The number of nitriles is 1. The molecule has 0 unspecified atom stereocenters. The Morgan fingerprint density at radius 2 is 1.81 bits per heavy atom. The second-order valence-electron chi connectivity index (χ2n) is 8.61. The summed E-state index contributed by atoms with van der Waals surface area (Å²) in [5.41, 5.74) is 8.51. The van der Waals surface area contributed by atoms with Gasteiger partial charge in [-0.1, -0.05) is 11.2 Å². The number of aromatic amines is 1. The van der Waals surface area contributed by atoms with E-state index in [0.29, 0.717) is 5.56 Å². The SMILES string of the molecule is Cc1ccc(C#N)cc1-c1cc(-c2c(C)noc2C)cc2[nH]c(N3CCN(C)CC3)nc12. The number of hydrogen-bond donors (Lipinski definition) is 1. The zero-order valence-corrected chi connectivity index (χ0v) is 18.9. The van der Waals surface area contributed by atoms with Crippen molar-refractivity contribution in [2.24, 2.45) is 0 Å². The molecule has 1 fully saturated rings. The van der Waals surface area contributed by atoms with E-state index < -0.39 is 0 Å². The number of fused-ring (bicyclic) bond motifs is 1. The molecule has 0 radical (unpaired) electrons. The quantitative estimate of drug-likeness (QED) is 0.522. The van der Waals surface area contributed by atoms with E-state index in [0.717, 1.165) is 82.4 Å². The topological polar surface area (TPSA) is 85.0 Å². The van der Waals surface area contributed by atoms with Crippen molar-refractivity contribution in [3.8, 4) is 28.3 Å². The van der Waals surface area contributed by atoms with Crippen molar-refractivity contribution < 1.29 is 4.52 Å². The van der Waals surface area contributed by atoms with Gasteiger partial charge in [-0.25, -0.2) is 4.98 Å². The number of nitrogens with one attached hydrogen (secondary N) is 1. The van der Waals surface area contributed by atoms with Gasteiger partial charge in [-0.3, -0.25) is 0 Å². The summed E-state index contributed by atoms with van der Waals surface area (Å²) in [5.74, 6) is 1.67. The van der Waals surface area contributed by atoms with Crippen molar-refractivity contribution in [1.82, 2.24) is 20.0 Å². The Morgan fingerprint density at radius 1 is 1.03 bits per heavy atom. The maximum atomic E-state index is 9.48. The molecule has 0 aliphatic carbocycles. The number of nitrogens with zero attached hydrogens (tertiary/aromatic N) is 5. The molecule has 5 rings (SSSR count). The monoisotopic (exact) mass is 426 g/mol. The fourth-order valence-electron chi connectivity index (χ4n) is 4.50. The second kappa shape index (κ2) is 7.81. The second-order valence-corrected chi connectivity index (χ2v) is 8.61. The largest absolute Gasteiger partial charge is 0.361 e. The Morgan fingerprint density at radius 3 is 2.50 bits per heavy atom. The first-order valence-electron chi connectivity index (χ1n) is 10.9. The highest BCUT2D eigenvalue weighted by atomic mass is 16.5. The minimum Gasteiger partial charge on any atom is -0.361 e. The minimum absolute atomic E-state index is 0.635. The number of aryl methyl sites for hydroxylation is 3. The lowest BCUT2D eigenvalue weighted by molar-refractivity contribution is 0.311. The van der Waals surface area contributed by atoms with Crippen molar-refractivity contribution in [2.45, 2.75) is 20.8 Å². The van der Waals surface area contributed by atoms with Gasteiger partial charge in [-0.2, -0.15) is 5.26 Å². The van der Waals surface area contributed by atoms with Crippen LogP contribution in [-0.2, 0) is 0 Å². The highest BCUT2D eigenvalue weighted by Gasteiger charge is 2.21. The third kappa shape index (κ3) is 3.43. The van der Waals surface area contributed by atoms with E-state index in [1.165, 1.54) is 0 Å². The van der Waals surface area contributed by atoms with Gasteiger partial charge >= 0.3 is 0 Å². The highest BCUT2D eigenvalue weighted by Crippen LogP contribution is 2.38. The normalized spacial score (nSPS) is 14.8. The van der Waals surface area contributed by atoms with Crippen LogP contribution in [0, 0.1) is 32.1 Å². The molecule has 162 valence electrons. The predicted octanol–water partition coefficient (Wildman–Crippen LogP) is 4.43. The number of piperazine rings is 1. The Hall–Kier alpha value is -3.63. The average Bonchev–Trinajstić information content (AvgIpc) is 3.36. The number of rotatable bonds is 3. The van der Waals surface area contributed by atoms with Gasteiger partial charge in [-0.15, -0.1) is 0 Å². The van der Waals surface area contributed by atoms with Crippen LogP contribution in [0.3, 0.4) is 0 Å². The number of imidazole rings is 1. The number of benzene rings is 2. The predicted molar refractivity (Wildman–Crippen MR) is 126 cm³/mol. The molecular formula is C25H26N6O. The lowest BCUT2D eigenvalue weighted by Gasteiger charge is -2.32. The first-order chi connectivity index (χ1) is 15.4. The summed E-state index contributed by atoms with van der Waals surface area (Å²) >= 11 is 0. The summed E-state index contributed by atoms with van der Waals surface area (Å²) in [6, 6.07) is 12.3. The van der Waals surface area contributed by atoms with E-state index in [-0.39, 0.29) is 0 Å². The average molecular weight is 427 g/mol. The molecule has 32 heavy (non-hydrogen) atoms. The van der Waals surface area contributed by atoms with Crippen LogP contribution in [0.5, 0.6) is 0 Å². The maximum Gasteiger partial charge on any atom is 0.203 e. The van der Waals surface area contributed by atoms with E-state index in [1.54, 1.807) is 0 Å². The molecule has 0 saturated carbocycles. The van der Waals surface area contributed by atoms with Gasteiger partial charge in [0.25, 0.3) is 0 Å². The number of likely N-dealkylation sites (N-methyl/N-ethyl adjacent to an activating group) is 1. The van der Waals surface area contributed by atoms with E-state index in [9.17, 15) is 5.26 Å². The molecule has 0 bridgehead atoms. The Balaban J connectivity index is 1.74. The van der Waals surface area contributed by atoms with Gasteiger partial charge in [0.2, 0.25) is 5.95 Å². The van der Waals surface area contributed by atoms with Crippen molar-refractivity contribution in [3.63, 3.8) is 0 Å². The summed E-state index contributed by atoms with van der Waals surface area (Å²) in [5, 5.41) is 13.6. The zero-order chi connectivity index (χ0) is 22.4. The molecule has 0 amide bonds. The van der Waals surface area contributed by atoms with Crippen LogP contribution >= 0.6 is 0 Å². The minimum atomic E-state index is 0.635. The smallest absolute Gasteiger partial charge is 0.203 e. The molecule has 7 nitrogen and oxygen atoms in total. The maximum absolute atomic E-state index is 9.48. The molecule has 2 aromatic carbocycles. The number of hydrogen-bond acceptors (Lipinski definition) is 6. The Bertz CT molecular complexity index is 1330. The van der Waals surface area contributed by atoms with Gasteiger partial charge in [0.1, 0.15) is 5.76 Å².